The van der Waals surface area contributed by atoms with Crippen LogP contribution in [0, 0.1) is 23.2 Å². The van der Waals surface area contributed by atoms with Crippen LogP contribution in [0.15, 0.2) is 64.7 Å². The Morgan fingerprint density at radius 1 is 1.10 bits per heavy atom. The molecule has 10 nitrogen and oxygen atoms in total. The standard InChI is InChI=1S/C27H26F3N7O3/c28-27(29,30)24-22(15-33-34-25(24)38)37-7-6-19(16-37)17-40-21-3-1-2-20(12-21)26(39)36-10-8-35(9-11-36)23-5-4-18(13-31)14-32-23/h1-5,12,14-15,19,24H,6-11,16-17H2. The number of rotatable bonds is 6. The monoisotopic (exact) mass is 553 g/mol. The summed E-state index contributed by atoms with van der Waals surface area (Å²) in [4.78, 5) is 34.6. The average Bonchev–Trinajstić information content (AvgIpc) is 3.44. The van der Waals surface area contributed by atoms with Crippen molar-refractivity contribution in [3.63, 3.8) is 0 Å². The number of hydrogen-bond acceptors (Lipinski definition) is 8. The first-order valence-electron chi connectivity index (χ1n) is 12.8. The van der Waals surface area contributed by atoms with Crippen molar-refractivity contribution in [2.24, 2.45) is 22.1 Å². The number of benzene rings is 1. The van der Waals surface area contributed by atoms with Crippen molar-refractivity contribution >= 4 is 17.6 Å². The van der Waals surface area contributed by atoms with Crippen LogP contribution < -0.4 is 9.64 Å². The Hall–Kier alpha value is -4.47. The largest absolute Gasteiger partial charge is 0.493 e. The molecule has 2 unspecified atom stereocenters. The van der Waals surface area contributed by atoms with E-state index >= 15 is 0 Å². The molecule has 2 atom stereocenters. The van der Waals surface area contributed by atoms with Gasteiger partial charge in [0, 0.05) is 56.9 Å². The Morgan fingerprint density at radius 2 is 1.90 bits per heavy atom. The zero-order valence-electron chi connectivity index (χ0n) is 21.4. The van der Waals surface area contributed by atoms with Crippen LogP contribution in [0.4, 0.5) is 19.0 Å². The minimum Gasteiger partial charge on any atom is -0.493 e. The number of hydrogen-bond donors (Lipinski definition) is 0. The molecular formula is C27H26F3N7O3. The summed E-state index contributed by atoms with van der Waals surface area (Å²) in [5.41, 5.74) is 0.794. The molecule has 3 aliphatic heterocycles. The summed E-state index contributed by atoms with van der Waals surface area (Å²) in [6.07, 6.45) is -1.61. The molecule has 40 heavy (non-hydrogen) atoms. The molecule has 0 saturated carbocycles. The zero-order valence-corrected chi connectivity index (χ0v) is 21.4. The van der Waals surface area contributed by atoms with Gasteiger partial charge in [0.1, 0.15) is 17.6 Å². The van der Waals surface area contributed by atoms with Gasteiger partial charge in [0.25, 0.3) is 11.8 Å². The van der Waals surface area contributed by atoms with Crippen molar-refractivity contribution in [1.82, 2.24) is 14.8 Å². The Kier molecular flexibility index (Phi) is 7.68. The molecule has 0 spiro atoms. The number of anilines is 1. The summed E-state index contributed by atoms with van der Waals surface area (Å²) in [6, 6.07) is 12.4. The normalized spacial score (nSPS) is 21.3. The van der Waals surface area contributed by atoms with E-state index in [1.165, 1.54) is 11.1 Å². The van der Waals surface area contributed by atoms with Gasteiger partial charge in [-0.05, 0) is 36.8 Å². The number of amides is 2. The minimum absolute atomic E-state index is 0.0629. The first-order valence-corrected chi connectivity index (χ1v) is 12.8. The maximum Gasteiger partial charge on any atom is 0.406 e. The smallest absolute Gasteiger partial charge is 0.406 e. The van der Waals surface area contributed by atoms with Crippen LogP contribution in [0.1, 0.15) is 22.3 Å². The predicted molar refractivity (Wildman–Crippen MR) is 136 cm³/mol. The van der Waals surface area contributed by atoms with E-state index in [0.29, 0.717) is 56.0 Å². The third-order valence-electron chi connectivity index (χ3n) is 7.20. The summed E-state index contributed by atoms with van der Waals surface area (Å²) in [5, 5.41) is 15.5. The van der Waals surface area contributed by atoms with E-state index in [4.69, 9.17) is 10.00 Å². The van der Waals surface area contributed by atoms with Crippen LogP contribution in [0.2, 0.25) is 0 Å². The highest BCUT2D eigenvalue weighted by atomic mass is 19.4. The summed E-state index contributed by atoms with van der Waals surface area (Å²) in [5.74, 6) is -2.53. The first kappa shape index (κ1) is 27.1. The molecule has 1 aromatic heterocycles. The predicted octanol–water partition coefficient (Wildman–Crippen LogP) is 3.63. The Balaban J connectivity index is 1.14. The number of azo groups is 1. The number of ether oxygens (including phenoxy) is 1. The number of likely N-dealkylation sites (tertiary alicyclic amines) is 1. The lowest BCUT2D eigenvalue weighted by Crippen LogP contribution is -2.49. The summed E-state index contributed by atoms with van der Waals surface area (Å²) < 4.78 is 46.3. The van der Waals surface area contributed by atoms with Gasteiger partial charge < -0.3 is 19.4 Å². The van der Waals surface area contributed by atoms with Gasteiger partial charge in [-0.3, -0.25) is 9.59 Å². The number of carbonyl (C=O) groups excluding carboxylic acids is 2. The summed E-state index contributed by atoms with van der Waals surface area (Å²) in [7, 11) is 0. The SMILES string of the molecule is N#Cc1ccc(N2CCN(C(=O)c3cccc(OCC4CCN(C5=CN=NC(=O)C5C(F)(F)F)C4)c3)CC2)nc1. The highest BCUT2D eigenvalue weighted by Gasteiger charge is 2.50. The molecule has 0 N–H and O–H groups in total. The van der Waals surface area contributed by atoms with Crippen molar-refractivity contribution in [2.45, 2.75) is 12.6 Å². The fourth-order valence-corrected chi connectivity index (χ4v) is 5.07. The number of carbonyl (C=O) groups is 2. The second kappa shape index (κ2) is 11.3. The number of aromatic nitrogens is 1. The number of alkyl halides is 3. The van der Waals surface area contributed by atoms with Crippen molar-refractivity contribution in [1.29, 1.82) is 5.26 Å². The molecule has 13 heteroatoms. The van der Waals surface area contributed by atoms with Crippen LogP contribution in [-0.2, 0) is 4.79 Å². The number of nitrogens with zero attached hydrogens (tertiary/aromatic N) is 7. The Morgan fingerprint density at radius 3 is 2.60 bits per heavy atom. The lowest BCUT2D eigenvalue weighted by atomic mass is 10.0. The van der Waals surface area contributed by atoms with Crippen LogP contribution in [0.5, 0.6) is 5.75 Å². The molecule has 2 aromatic rings. The Bertz CT molecular complexity index is 1360. The number of pyridine rings is 1. The van der Waals surface area contributed by atoms with Crippen LogP contribution in [0.25, 0.3) is 0 Å². The molecule has 2 amide bonds. The van der Waals surface area contributed by atoms with Gasteiger partial charge in [-0.1, -0.05) is 6.07 Å². The van der Waals surface area contributed by atoms with E-state index in [1.807, 2.05) is 6.07 Å². The molecule has 208 valence electrons. The molecule has 1 aromatic carbocycles. The van der Waals surface area contributed by atoms with E-state index in [9.17, 15) is 22.8 Å². The van der Waals surface area contributed by atoms with Crippen molar-refractivity contribution in [2.75, 3.05) is 50.8 Å². The molecule has 0 radical (unpaired) electrons. The molecule has 4 heterocycles. The lowest BCUT2D eigenvalue weighted by molar-refractivity contribution is -0.176. The fourth-order valence-electron chi connectivity index (χ4n) is 5.07. The highest BCUT2D eigenvalue weighted by Crippen LogP contribution is 2.38. The first-order chi connectivity index (χ1) is 19.2. The van der Waals surface area contributed by atoms with E-state index in [0.717, 1.165) is 12.0 Å². The number of halogens is 3. The quantitative estimate of drug-likeness (QED) is 0.537. The topological polar surface area (TPSA) is 114 Å². The zero-order chi connectivity index (χ0) is 28.3. The Labute approximate surface area is 228 Å². The minimum atomic E-state index is -4.74. The van der Waals surface area contributed by atoms with Gasteiger partial charge in [-0.2, -0.15) is 23.5 Å². The summed E-state index contributed by atoms with van der Waals surface area (Å²) >= 11 is 0. The molecule has 5 rings (SSSR count). The van der Waals surface area contributed by atoms with E-state index < -0.39 is 18.0 Å². The fraction of sp³-hybridized carbons (Fsp3) is 0.407. The second-order valence-electron chi connectivity index (χ2n) is 9.82. The van der Waals surface area contributed by atoms with E-state index in [-0.39, 0.29) is 30.7 Å². The second-order valence-corrected chi connectivity index (χ2v) is 9.82. The van der Waals surface area contributed by atoms with Gasteiger partial charge in [-0.25, -0.2) is 4.98 Å². The van der Waals surface area contributed by atoms with Gasteiger partial charge in [0.2, 0.25) is 0 Å². The van der Waals surface area contributed by atoms with Crippen molar-refractivity contribution in [3.8, 4) is 11.8 Å². The molecule has 2 fully saturated rings. The van der Waals surface area contributed by atoms with Gasteiger partial charge in [0.05, 0.1) is 24.1 Å². The summed E-state index contributed by atoms with van der Waals surface area (Å²) in [6.45, 7) is 3.13. The lowest BCUT2D eigenvalue weighted by Gasteiger charge is -2.35. The number of nitriles is 1. The maximum absolute atomic E-state index is 13.5. The third kappa shape index (κ3) is 5.90. The van der Waals surface area contributed by atoms with E-state index in [2.05, 4.69) is 20.1 Å². The van der Waals surface area contributed by atoms with Crippen molar-refractivity contribution < 1.29 is 27.5 Å². The molecule has 0 aliphatic carbocycles. The third-order valence-corrected chi connectivity index (χ3v) is 7.20. The molecular weight excluding hydrogens is 527 g/mol. The van der Waals surface area contributed by atoms with E-state index in [1.54, 1.807) is 41.3 Å². The molecule has 3 aliphatic rings. The van der Waals surface area contributed by atoms with Crippen LogP contribution in [0.3, 0.4) is 0 Å². The highest BCUT2D eigenvalue weighted by molar-refractivity contribution is 5.94. The van der Waals surface area contributed by atoms with Gasteiger partial charge >= 0.3 is 6.18 Å². The maximum atomic E-state index is 13.5. The number of piperazine rings is 1. The van der Waals surface area contributed by atoms with Gasteiger partial charge in [0.15, 0.2) is 5.92 Å². The molecule has 0 bridgehead atoms. The van der Waals surface area contributed by atoms with Crippen LogP contribution >= 0.6 is 0 Å². The molecule has 2 saturated heterocycles. The van der Waals surface area contributed by atoms with Crippen molar-refractivity contribution in [3.05, 3.63) is 65.6 Å². The van der Waals surface area contributed by atoms with Crippen LogP contribution in [-0.4, -0.2) is 78.6 Å². The average molecular weight is 554 g/mol. The van der Waals surface area contributed by atoms with Gasteiger partial charge in [-0.15, -0.1) is 5.11 Å².